The number of halogens is 4. The molecule has 0 aromatic heterocycles. The van der Waals surface area contributed by atoms with E-state index in [9.17, 15) is 32.5 Å². The molecular weight excluding hydrogens is 462 g/mol. The molecule has 0 aliphatic carbocycles. The van der Waals surface area contributed by atoms with Gasteiger partial charge in [-0.15, -0.1) is 0 Å². The van der Waals surface area contributed by atoms with E-state index in [1.807, 2.05) is 0 Å². The number of ether oxygens (including phenoxy) is 2. The summed E-state index contributed by atoms with van der Waals surface area (Å²) in [5, 5.41) is 14.0. The standard InChI is InChI=1S/C22H23F4N3O5/c1-33-10-11-34-20-5-3-16(23)13-17(20)27-21(30)14-6-8-28(9-7-14)18-4-2-15(22(24,25)26)12-19(18)29(31)32/h2-5,12-14H,6-11H2,1H3,(H,27,30). The number of methoxy groups -OCH3 is 1. The number of piperidine rings is 1. The normalized spacial score (nSPS) is 14.7. The third-order valence-corrected chi connectivity index (χ3v) is 5.45. The van der Waals surface area contributed by atoms with Crippen molar-refractivity contribution in [1.82, 2.24) is 0 Å². The molecule has 1 amide bonds. The lowest BCUT2D eigenvalue weighted by Gasteiger charge is -2.32. The molecule has 0 spiro atoms. The summed E-state index contributed by atoms with van der Waals surface area (Å²) in [5.74, 6) is -1.12. The zero-order valence-corrected chi connectivity index (χ0v) is 18.2. The molecule has 1 saturated heterocycles. The molecule has 1 aliphatic heterocycles. The summed E-state index contributed by atoms with van der Waals surface area (Å²) in [6.45, 7) is 0.962. The van der Waals surface area contributed by atoms with Gasteiger partial charge in [0.2, 0.25) is 5.91 Å². The maximum absolute atomic E-state index is 13.7. The van der Waals surface area contributed by atoms with Gasteiger partial charge in [0.1, 0.15) is 23.9 Å². The van der Waals surface area contributed by atoms with E-state index < -0.39 is 34.1 Å². The Hall–Kier alpha value is -3.41. The summed E-state index contributed by atoms with van der Waals surface area (Å²) in [5.41, 5.74) is -1.51. The van der Waals surface area contributed by atoms with Gasteiger partial charge < -0.3 is 19.7 Å². The summed E-state index contributed by atoms with van der Waals surface area (Å²) in [7, 11) is 1.50. The van der Waals surface area contributed by atoms with Gasteiger partial charge in [-0.05, 0) is 37.1 Å². The van der Waals surface area contributed by atoms with Gasteiger partial charge in [-0.25, -0.2) is 4.39 Å². The van der Waals surface area contributed by atoms with Crippen LogP contribution in [0.5, 0.6) is 5.75 Å². The molecule has 2 aromatic rings. The number of alkyl halides is 3. The van der Waals surface area contributed by atoms with Gasteiger partial charge in [-0.2, -0.15) is 13.2 Å². The second-order valence-corrected chi connectivity index (χ2v) is 7.69. The fourth-order valence-electron chi connectivity index (χ4n) is 3.69. The van der Waals surface area contributed by atoms with Crippen molar-refractivity contribution in [3.05, 3.63) is 57.9 Å². The monoisotopic (exact) mass is 485 g/mol. The van der Waals surface area contributed by atoms with Crippen LogP contribution in [0.4, 0.5) is 34.6 Å². The van der Waals surface area contributed by atoms with Crippen molar-refractivity contribution < 1.29 is 36.8 Å². The number of carbonyl (C=O) groups excluding carboxylic acids is 1. The molecule has 184 valence electrons. The Bertz CT molecular complexity index is 1040. The molecule has 1 fully saturated rings. The number of carbonyl (C=O) groups is 1. The van der Waals surface area contributed by atoms with Crippen molar-refractivity contribution in [1.29, 1.82) is 0 Å². The summed E-state index contributed by atoms with van der Waals surface area (Å²) in [4.78, 5) is 24.9. The van der Waals surface area contributed by atoms with E-state index in [2.05, 4.69) is 5.32 Å². The minimum atomic E-state index is -4.70. The quantitative estimate of drug-likeness (QED) is 0.254. The van der Waals surface area contributed by atoms with E-state index in [1.54, 1.807) is 4.90 Å². The summed E-state index contributed by atoms with van der Waals surface area (Å²) >= 11 is 0. The van der Waals surface area contributed by atoms with Gasteiger partial charge in [-0.3, -0.25) is 14.9 Å². The SMILES string of the molecule is COCCOc1ccc(F)cc1NC(=O)C1CCN(c2ccc(C(F)(F)F)cc2[N+](=O)[O-])CC1. The molecular formula is C22H23F4N3O5. The zero-order valence-electron chi connectivity index (χ0n) is 18.2. The van der Waals surface area contributed by atoms with E-state index in [1.165, 1.54) is 19.2 Å². The highest BCUT2D eigenvalue weighted by Crippen LogP contribution is 2.38. The number of hydrogen-bond acceptors (Lipinski definition) is 6. The van der Waals surface area contributed by atoms with Crippen LogP contribution < -0.4 is 15.0 Å². The molecule has 1 heterocycles. The molecule has 0 saturated carbocycles. The van der Waals surface area contributed by atoms with E-state index in [0.29, 0.717) is 25.5 Å². The molecule has 3 rings (SSSR count). The highest BCUT2D eigenvalue weighted by molar-refractivity contribution is 5.94. The minimum absolute atomic E-state index is 0.0656. The number of hydrogen-bond donors (Lipinski definition) is 1. The van der Waals surface area contributed by atoms with Crippen LogP contribution in [0.3, 0.4) is 0 Å². The lowest BCUT2D eigenvalue weighted by molar-refractivity contribution is -0.384. The van der Waals surface area contributed by atoms with Gasteiger partial charge in [-0.1, -0.05) is 0 Å². The van der Waals surface area contributed by atoms with Gasteiger partial charge in [0.15, 0.2) is 0 Å². The lowest BCUT2D eigenvalue weighted by Crippen LogP contribution is -2.38. The number of nitro benzene ring substituents is 1. The Morgan fingerprint density at radius 1 is 1.18 bits per heavy atom. The molecule has 34 heavy (non-hydrogen) atoms. The number of amides is 1. The number of nitrogens with one attached hydrogen (secondary N) is 1. The van der Waals surface area contributed by atoms with Crippen molar-refractivity contribution in [2.75, 3.05) is 43.6 Å². The third kappa shape index (κ3) is 6.13. The number of nitro groups is 1. The highest BCUT2D eigenvalue weighted by Gasteiger charge is 2.35. The van der Waals surface area contributed by atoms with Gasteiger partial charge in [0, 0.05) is 38.2 Å². The third-order valence-electron chi connectivity index (χ3n) is 5.45. The first-order chi connectivity index (χ1) is 16.1. The topological polar surface area (TPSA) is 93.9 Å². The average molecular weight is 485 g/mol. The first kappa shape index (κ1) is 25.2. The maximum atomic E-state index is 13.7. The molecule has 8 nitrogen and oxygen atoms in total. The van der Waals surface area contributed by atoms with Crippen molar-refractivity contribution in [2.24, 2.45) is 5.92 Å². The summed E-state index contributed by atoms with van der Waals surface area (Å²) < 4.78 is 63.0. The van der Waals surface area contributed by atoms with E-state index >= 15 is 0 Å². The fraction of sp³-hybridized carbons (Fsp3) is 0.409. The molecule has 0 unspecified atom stereocenters. The van der Waals surface area contributed by atoms with Crippen LogP contribution in [0.15, 0.2) is 36.4 Å². The van der Waals surface area contributed by atoms with Crippen LogP contribution in [0, 0.1) is 21.8 Å². The van der Waals surface area contributed by atoms with Crippen LogP contribution in [-0.2, 0) is 15.7 Å². The first-order valence-corrected chi connectivity index (χ1v) is 10.4. The molecule has 12 heteroatoms. The van der Waals surface area contributed by atoms with Crippen LogP contribution in [0.25, 0.3) is 0 Å². The lowest BCUT2D eigenvalue weighted by atomic mass is 9.95. The van der Waals surface area contributed by atoms with E-state index in [-0.39, 0.29) is 42.7 Å². The van der Waals surface area contributed by atoms with Crippen LogP contribution in [0.2, 0.25) is 0 Å². The average Bonchev–Trinajstić information content (AvgIpc) is 2.79. The number of rotatable bonds is 8. The highest BCUT2D eigenvalue weighted by atomic mass is 19.4. The van der Waals surface area contributed by atoms with E-state index in [0.717, 1.165) is 18.2 Å². The smallest absolute Gasteiger partial charge is 0.416 e. The molecule has 0 radical (unpaired) electrons. The minimum Gasteiger partial charge on any atom is -0.489 e. The van der Waals surface area contributed by atoms with E-state index in [4.69, 9.17) is 9.47 Å². The van der Waals surface area contributed by atoms with Crippen molar-refractivity contribution >= 4 is 23.0 Å². The van der Waals surface area contributed by atoms with Crippen LogP contribution >= 0.6 is 0 Å². The maximum Gasteiger partial charge on any atom is 0.416 e. The van der Waals surface area contributed by atoms with Crippen molar-refractivity contribution in [3.8, 4) is 5.75 Å². The van der Waals surface area contributed by atoms with Gasteiger partial charge in [0.05, 0.1) is 22.8 Å². The predicted octanol–water partition coefficient (Wildman–Crippen LogP) is 4.63. The largest absolute Gasteiger partial charge is 0.489 e. The Morgan fingerprint density at radius 3 is 2.50 bits per heavy atom. The number of nitrogens with zero attached hydrogens (tertiary/aromatic N) is 2. The van der Waals surface area contributed by atoms with Crippen LogP contribution in [-0.4, -0.2) is 44.2 Å². The Labute approximate surface area is 192 Å². The Balaban J connectivity index is 1.67. The molecule has 0 atom stereocenters. The fourth-order valence-corrected chi connectivity index (χ4v) is 3.69. The molecule has 2 aromatic carbocycles. The summed E-state index contributed by atoms with van der Waals surface area (Å²) in [6.07, 6.45) is -4.09. The van der Waals surface area contributed by atoms with Crippen LogP contribution in [0.1, 0.15) is 18.4 Å². The second-order valence-electron chi connectivity index (χ2n) is 7.69. The number of benzene rings is 2. The second kappa shape index (κ2) is 10.7. The van der Waals surface area contributed by atoms with Crippen molar-refractivity contribution in [2.45, 2.75) is 19.0 Å². The Kier molecular flexibility index (Phi) is 7.92. The molecule has 1 aliphatic rings. The van der Waals surface area contributed by atoms with Gasteiger partial charge >= 0.3 is 6.18 Å². The summed E-state index contributed by atoms with van der Waals surface area (Å²) in [6, 6.07) is 6.14. The zero-order chi connectivity index (χ0) is 24.9. The van der Waals surface area contributed by atoms with Crippen molar-refractivity contribution in [3.63, 3.8) is 0 Å². The Morgan fingerprint density at radius 2 is 1.88 bits per heavy atom. The number of anilines is 2. The first-order valence-electron chi connectivity index (χ1n) is 10.4. The molecule has 1 N–H and O–H groups in total. The van der Waals surface area contributed by atoms with Gasteiger partial charge in [0.25, 0.3) is 5.69 Å². The predicted molar refractivity (Wildman–Crippen MR) is 115 cm³/mol. The molecule has 0 bridgehead atoms.